The molecular formula is C16H17NO2. The van der Waals surface area contributed by atoms with Gasteiger partial charge in [0.2, 0.25) is 0 Å². The number of para-hydroxylation sites is 1. The maximum atomic E-state index is 11.3. The summed E-state index contributed by atoms with van der Waals surface area (Å²) in [6.45, 7) is 4.07. The van der Waals surface area contributed by atoms with E-state index in [2.05, 4.69) is 11.1 Å². The Balaban J connectivity index is 2.16. The molecule has 0 saturated carbocycles. The van der Waals surface area contributed by atoms with E-state index in [0.717, 1.165) is 16.7 Å². The molecule has 0 fully saturated rings. The number of ether oxygens (including phenoxy) is 1. The third-order valence-electron chi connectivity index (χ3n) is 2.78. The topological polar surface area (TPSA) is 42.1 Å². The van der Waals surface area contributed by atoms with E-state index in [1.54, 1.807) is 6.92 Å². The van der Waals surface area contributed by atoms with Crippen molar-refractivity contribution in [2.75, 3.05) is 6.61 Å². The molecule has 1 heterocycles. The number of rotatable bonds is 4. The van der Waals surface area contributed by atoms with Crippen molar-refractivity contribution in [2.24, 2.45) is 0 Å². The summed E-state index contributed by atoms with van der Waals surface area (Å²) < 4.78 is 4.86. The van der Waals surface area contributed by atoms with Gasteiger partial charge in [0.25, 0.3) is 0 Å². The predicted octanol–water partition coefficient (Wildman–Crippen LogP) is 3.69. The van der Waals surface area contributed by atoms with Gasteiger partial charge in [0.1, 0.15) is 0 Å². The molecule has 0 aliphatic heterocycles. The van der Waals surface area contributed by atoms with E-state index in [4.69, 9.17) is 4.74 Å². The van der Waals surface area contributed by atoms with Gasteiger partial charge < -0.3 is 9.72 Å². The van der Waals surface area contributed by atoms with Gasteiger partial charge >= 0.3 is 5.97 Å². The van der Waals surface area contributed by atoms with Crippen LogP contribution < -0.4 is 0 Å². The second-order valence-electron chi connectivity index (χ2n) is 4.26. The van der Waals surface area contributed by atoms with E-state index in [-0.39, 0.29) is 5.97 Å². The van der Waals surface area contributed by atoms with E-state index in [1.807, 2.05) is 43.5 Å². The molecule has 1 N–H and O–H groups in total. The van der Waals surface area contributed by atoms with Gasteiger partial charge in [-0.2, -0.15) is 0 Å². The molecule has 0 saturated heterocycles. The van der Waals surface area contributed by atoms with E-state index in [9.17, 15) is 4.79 Å². The van der Waals surface area contributed by atoms with Crippen LogP contribution in [-0.4, -0.2) is 17.6 Å². The summed E-state index contributed by atoms with van der Waals surface area (Å²) in [5, 5.41) is 1.17. The lowest BCUT2D eigenvalue weighted by atomic mass is 10.1. The van der Waals surface area contributed by atoms with Crippen molar-refractivity contribution < 1.29 is 9.53 Å². The van der Waals surface area contributed by atoms with Crippen molar-refractivity contribution in [3.63, 3.8) is 0 Å². The second-order valence-corrected chi connectivity index (χ2v) is 4.26. The Labute approximate surface area is 112 Å². The van der Waals surface area contributed by atoms with Crippen LogP contribution in [-0.2, 0) is 9.53 Å². The lowest BCUT2D eigenvalue weighted by Crippen LogP contribution is -1.99. The molecule has 1 aromatic heterocycles. The number of benzene rings is 1. The highest BCUT2D eigenvalue weighted by Crippen LogP contribution is 2.19. The second kappa shape index (κ2) is 6.05. The third kappa shape index (κ3) is 3.35. The molecule has 2 aromatic rings. The molecule has 0 bridgehead atoms. The summed E-state index contributed by atoms with van der Waals surface area (Å²) >= 11 is 0. The number of carbonyl (C=O) groups excluding carboxylic acids is 1. The monoisotopic (exact) mass is 255 g/mol. The van der Waals surface area contributed by atoms with Gasteiger partial charge in [-0.05, 0) is 31.1 Å². The molecule has 2 rings (SSSR count). The van der Waals surface area contributed by atoms with Crippen molar-refractivity contribution in [1.29, 1.82) is 0 Å². The van der Waals surface area contributed by atoms with Crippen molar-refractivity contribution >= 4 is 22.9 Å². The largest absolute Gasteiger partial charge is 0.463 e. The first kappa shape index (κ1) is 13.1. The van der Waals surface area contributed by atoms with E-state index >= 15 is 0 Å². The van der Waals surface area contributed by atoms with Crippen LogP contribution in [0.25, 0.3) is 17.0 Å². The maximum Gasteiger partial charge on any atom is 0.330 e. The summed E-state index contributed by atoms with van der Waals surface area (Å²) in [6.07, 6.45) is 7.35. The number of allylic oxidation sites excluding steroid dienone is 2. The fourth-order valence-corrected chi connectivity index (χ4v) is 1.87. The number of H-pyrrole nitrogens is 1. The van der Waals surface area contributed by atoms with Gasteiger partial charge in [-0.3, -0.25) is 0 Å². The molecule has 0 radical (unpaired) electrons. The zero-order chi connectivity index (χ0) is 13.7. The molecule has 0 aliphatic rings. The smallest absolute Gasteiger partial charge is 0.330 e. The minimum Gasteiger partial charge on any atom is -0.463 e. The van der Waals surface area contributed by atoms with Gasteiger partial charge in [0.05, 0.1) is 6.61 Å². The van der Waals surface area contributed by atoms with Crippen LogP contribution in [0.5, 0.6) is 0 Å². The normalized spacial score (nSPS) is 12.2. The first-order valence-corrected chi connectivity index (χ1v) is 6.30. The number of hydrogen-bond donors (Lipinski definition) is 1. The van der Waals surface area contributed by atoms with Crippen LogP contribution in [0.2, 0.25) is 0 Å². The summed E-state index contributed by atoms with van der Waals surface area (Å²) in [4.78, 5) is 14.5. The Bertz CT molecular complexity index is 635. The van der Waals surface area contributed by atoms with E-state index in [1.165, 1.54) is 11.5 Å². The summed E-state index contributed by atoms with van der Waals surface area (Å²) in [5.41, 5.74) is 3.07. The Morgan fingerprint density at radius 3 is 2.95 bits per heavy atom. The Hall–Kier alpha value is -2.29. The van der Waals surface area contributed by atoms with Crippen molar-refractivity contribution in [3.05, 3.63) is 53.8 Å². The highest BCUT2D eigenvalue weighted by molar-refractivity contribution is 5.89. The maximum absolute atomic E-state index is 11.3. The number of hydrogen-bond acceptors (Lipinski definition) is 2. The van der Waals surface area contributed by atoms with Crippen LogP contribution in [0.3, 0.4) is 0 Å². The molecule has 1 aromatic carbocycles. The fourth-order valence-electron chi connectivity index (χ4n) is 1.87. The third-order valence-corrected chi connectivity index (χ3v) is 2.78. The van der Waals surface area contributed by atoms with Crippen molar-refractivity contribution in [1.82, 2.24) is 4.98 Å². The Kier molecular flexibility index (Phi) is 4.18. The fraction of sp³-hybridized carbons (Fsp3) is 0.188. The van der Waals surface area contributed by atoms with Gasteiger partial charge in [0.15, 0.2) is 0 Å². The summed E-state index contributed by atoms with van der Waals surface area (Å²) in [6, 6.07) is 8.11. The number of aromatic amines is 1. The number of esters is 1. The van der Waals surface area contributed by atoms with Crippen LogP contribution in [0, 0.1) is 0 Å². The van der Waals surface area contributed by atoms with E-state index < -0.39 is 0 Å². The molecule has 3 heteroatoms. The summed E-state index contributed by atoms with van der Waals surface area (Å²) in [7, 11) is 0. The predicted molar refractivity (Wildman–Crippen MR) is 77.7 cm³/mol. The quantitative estimate of drug-likeness (QED) is 0.514. The minimum absolute atomic E-state index is 0.302. The van der Waals surface area contributed by atoms with Crippen LogP contribution in [0.15, 0.2) is 48.2 Å². The van der Waals surface area contributed by atoms with Crippen molar-refractivity contribution in [3.8, 4) is 0 Å². The number of carbonyl (C=O) groups is 1. The SMILES string of the molecule is CCOC(=O)/C=C(/C)C=Cc1c[nH]c2ccccc12. The highest BCUT2D eigenvalue weighted by atomic mass is 16.5. The average Bonchev–Trinajstić information content (AvgIpc) is 2.80. The van der Waals surface area contributed by atoms with Gasteiger partial charge in [-0.1, -0.05) is 30.4 Å². The van der Waals surface area contributed by atoms with Gasteiger partial charge in [-0.15, -0.1) is 0 Å². The van der Waals surface area contributed by atoms with E-state index in [0.29, 0.717) is 6.61 Å². The van der Waals surface area contributed by atoms with Crippen LogP contribution in [0.1, 0.15) is 19.4 Å². The number of fused-ring (bicyclic) bond motifs is 1. The average molecular weight is 255 g/mol. The molecule has 0 amide bonds. The van der Waals surface area contributed by atoms with Gasteiger partial charge in [0, 0.05) is 23.2 Å². The zero-order valence-corrected chi connectivity index (χ0v) is 11.1. The van der Waals surface area contributed by atoms with Gasteiger partial charge in [-0.25, -0.2) is 4.79 Å². The Morgan fingerprint density at radius 2 is 2.16 bits per heavy atom. The summed E-state index contributed by atoms with van der Waals surface area (Å²) in [5.74, 6) is -0.302. The van der Waals surface area contributed by atoms with Crippen LogP contribution >= 0.6 is 0 Å². The Morgan fingerprint density at radius 1 is 1.37 bits per heavy atom. The van der Waals surface area contributed by atoms with Crippen molar-refractivity contribution in [2.45, 2.75) is 13.8 Å². The molecule has 0 spiro atoms. The molecule has 0 unspecified atom stereocenters. The minimum atomic E-state index is -0.302. The molecule has 98 valence electrons. The zero-order valence-electron chi connectivity index (χ0n) is 11.1. The highest BCUT2D eigenvalue weighted by Gasteiger charge is 1.99. The molecule has 0 aliphatic carbocycles. The lowest BCUT2D eigenvalue weighted by Gasteiger charge is -1.96. The number of aromatic nitrogens is 1. The van der Waals surface area contributed by atoms with Crippen LogP contribution in [0.4, 0.5) is 0 Å². The lowest BCUT2D eigenvalue weighted by molar-refractivity contribution is -0.137. The molecule has 0 atom stereocenters. The first-order valence-electron chi connectivity index (χ1n) is 6.30. The first-order chi connectivity index (χ1) is 9.20. The molecular weight excluding hydrogens is 238 g/mol. The molecule has 3 nitrogen and oxygen atoms in total. The molecule has 19 heavy (non-hydrogen) atoms. The standard InChI is InChI=1S/C16H17NO2/c1-3-19-16(18)10-12(2)8-9-13-11-17-15-7-5-4-6-14(13)15/h4-11,17H,3H2,1-2H3/b9-8?,12-10-. The number of nitrogens with one attached hydrogen (secondary N) is 1.